The molecule has 0 radical (unpaired) electrons. The number of hydrogen-bond donors (Lipinski definition) is 1. The van der Waals surface area contributed by atoms with Crippen LogP contribution in [-0.2, 0) is 22.6 Å². The molecule has 0 aliphatic carbocycles. The topological polar surface area (TPSA) is 67.9 Å². The van der Waals surface area contributed by atoms with Gasteiger partial charge in [-0.25, -0.2) is 0 Å². The van der Waals surface area contributed by atoms with Gasteiger partial charge in [0.2, 0.25) is 11.8 Å². The van der Waals surface area contributed by atoms with Gasteiger partial charge >= 0.3 is 0 Å². The smallest absolute Gasteiger partial charge is 0.242 e. The Labute approximate surface area is 212 Å². The maximum absolute atomic E-state index is 13.5. The Kier molecular flexibility index (Phi) is 11.0. The average molecular weight is 509 g/mol. The summed E-state index contributed by atoms with van der Waals surface area (Å²) < 4.78 is 10.7. The van der Waals surface area contributed by atoms with Crippen LogP contribution in [0.5, 0.6) is 11.5 Å². The van der Waals surface area contributed by atoms with Gasteiger partial charge < -0.3 is 19.7 Å². The number of benzene rings is 2. The van der Waals surface area contributed by atoms with Crippen molar-refractivity contribution in [3.8, 4) is 11.5 Å². The molecule has 8 heteroatoms. The van der Waals surface area contributed by atoms with E-state index in [1.54, 1.807) is 37.3 Å². The van der Waals surface area contributed by atoms with Crippen molar-refractivity contribution in [3.63, 3.8) is 0 Å². The molecule has 2 aromatic rings. The van der Waals surface area contributed by atoms with Gasteiger partial charge in [-0.05, 0) is 48.6 Å². The van der Waals surface area contributed by atoms with Crippen molar-refractivity contribution < 1.29 is 19.1 Å². The number of methoxy groups -OCH3 is 2. The lowest BCUT2D eigenvalue weighted by Crippen LogP contribution is -2.49. The molecule has 0 aliphatic rings. The van der Waals surface area contributed by atoms with Crippen LogP contribution in [0.3, 0.4) is 0 Å². The van der Waals surface area contributed by atoms with E-state index in [-0.39, 0.29) is 24.8 Å². The molecule has 0 spiro atoms. The number of ether oxygens (including phenoxy) is 2. The molecule has 0 saturated carbocycles. The molecule has 1 atom stereocenters. The van der Waals surface area contributed by atoms with Crippen LogP contribution in [0.25, 0.3) is 0 Å². The molecule has 2 amide bonds. The molecule has 0 aliphatic heterocycles. The lowest BCUT2D eigenvalue weighted by molar-refractivity contribution is -0.141. The van der Waals surface area contributed by atoms with E-state index in [0.717, 1.165) is 5.56 Å². The Hall–Kier alpha value is -2.44. The Morgan fingerprint density at radius 3 is 2.24 bits per heavy atom. The molecule has 0 fully saturated rings. The predicted octanol–water partition coefficient (Wildman–Crippen LogP) is 5.52. The van der Waals surface area contributed by atoms with Crippen LogP contribution in [0.15, 0.2) is 36.4 Å². The van der Waals surface area contributed by atoms with Gasteiger partial charge in [-0.2, -0.15) is 0 Å². The van der Waals surface area contributed by atoms with Crippen LogP contribution >= 0.6 is 23.2 Å². The molecule has 2 rings (SSSR count). The summed E-state index contributed by atoms with van der Waals surface area (Å²) in [6.07, 6.45) is 1.16. The minimum atomic E-state index is -0.635. The number of amides is 2. The number of hydrogen-bond acceptors (Lipinski definition) is 4. The molecule has 0 heterocycles. The lowest BCUT2D eigenvalue weighted by Gasteiger charge is -2.31. The van der Waals surface area contributed by atoms with Crippen LogP contribution in [0.4, 0.5) is 0 Å². The molecule has 1 unspecified atom stereocenters. The first-order valence-electron chi connectivity index (χ1n) is 11.4. The molecule has 0 bridgehead atoms. The third kappa shape index (κ3) is 7.54. The fraction of sp³-hybridized carbons (Fsp3) is 0.462. The van der Waals surface area contributed by atoms with Gasteiger partial charge in [-0.1, -0.05) is 56.1 Å². The number of carbonyl (C=O) groups is 2. The number of carbonyl (C=O) groups excluding carboxylic acids is 2. The summed E-state index contributed by atoms with van der Waals surface area (Å²) >= 11 is 12.8. The first kappa shape index (κ1) is 27.8. The Morgan fingerprint density at radius 2 is 1.68 bits per heavy atom. The summed E-state index contributed by atoms with van der Waals surface area (Å²) in [5.41, 5.74) is 1.56. The molecule has 34 heavy (non-hydrogen) atoms. The van der Waals surface area contributed by atoms with Crippen molar-refractivity contribution in [2.24, 2.45) is 5.92 Å². The number of aryl methyl sites for hydroxylation is 1. The summed E-state index contributed by atoms with van der Waals surface area (Å²) in [4.78, 5) is 28.1. The molecular formula is C26H34Cl2N2O4. The predicted molar refractivity (Wildman–Crippen MR) is 137 cm³/mol. The summed E-state index contributed by atoms with van der Waals surface area (Å²) in [5.74, 6) is 1.19. The monoisotopic (exact) mass is 508 g/mol. The fourth-order valence-electron chi connectivity index (χ4n) is 3.63. The summed E-state index contributed by atoms with van der Waals surface area (Å²) in [6, 6.07) is 10.1. The quantitative estimate of drug-likeness (QED) is 0.409. The van der Waals surface area contributed by atoms with Gasteiger partial charge in [0.05, 0.1) is 14.2 Å². The highest BCUT2D eigenvalue weighted by Gasteiger charge is 2.29. The molecule has 186 valence electrons. The minimum absolute atomic E-state index is 0.150. The molecular weight excluding hydrogens is 475 g/mol. The fourth-order valence-corrected chi connectivity index (χ4v) is 4.14. The second kappa shape index (κ2) is 13.4. The van der Waals surface area contributed by atoms with Crippen molar-refractivity contribution in [1.82, 2.24) is 10.2 Å². The number of nitrogens with zero attached hydrogens (tertiary/aromatic N) is 1. The highest BCUT2D eigenvalue weighted by molar-refractivity contribution is 6.36. The van der Waals surface area contributed by atoms with Gasteiger partial charge in [0.15, 0.2) is 11.5 Å². The van der Waals surface area contributed by atoms with Gasteiger partial charge in [0, 0.05) is 35.1 Å². The van der Waals surface area contributed by atoms with Crippen LogP contribution in [0.2, 0.25) is 10.0 Å². The third-order valence-electron chi connectivity index (χ3n) is 5.54. The van der Waals surface area contributed by atoms with Crippen LogP contribution in [-0.4, -0.2) is 43.5 Å². The van der Waals surface area contributed by atoms with Gasteiger partial charge in [-0.3, -0.25) is 9.59 Å². The highest BCUT2D eigenvalue weighted by atomic mass is 35.5. The molecule has 6 nitrogen and oxygen atoms in total. The van der Waals surface area contributed by atoms with E-state index >= 15 is 0 Å². The van der Waals surface area contributed by atoms with Crippen molar-refractivity contribution >= 4 is 35.0 Å². The van der Waals surface area contributed by atoms with Crippen LogP contribution < -0.4 is 14.8 Å². The normalized spacial score (nSPS) is 11.8. The molecule has 0 aromatic heterocycles. The first-order valence-corrected chi connectivity index (χ1v) is 12.2. The van der Waals surface area contributed by atoms with Gasteiger partial charge in [0.1, 0.15) is 6.04 Å². The summed E-state index contributed by atoms with van der Waals surface area (Å²) in [6.45, 7) is 6.63. The number of nitrogens with one attached hydrogen (secondary N) is 1. The summed E-state index contributed by atoms with van der Waals surface area (Å²) in [5, 5.41) is 3.88. The Morgan fingerprint density at radius 1 is 1.03 bits per heavy atom. The van der Waals surface area contributed by atoms with Crippen molar-refractivity contribution in [3.05, 3.63) is 57.6 Å². The lowest BCUT2D eigenvalue weighted by atomic mass is 10.1. The van der Waals surface area contributed by atoms with E-state index in [9.17, 15) is 9.59 Å². The first-order chi connectivity index (χ1) is 16.2. The second-order valence-electron chi connectivity index (χ2n) is 8.47. The van der Waals surface area contributed by atoms with E-state index in [0.29, 0.717) is 52.4 Å². The largest absolute Gasteiger partial charge is 0.493 e. The van der Waals surface area contributed by atoms with E-state index in [4.69, 9.17) is 32.7 Å². The molecule has 1 N–H and O–H groups in total. The zero-order chi connectivity index (χ0) is 25.3. The maximum atomic E-state index is 13.5. The second-order valence-corrected chi connectivity index (χ2v) is 9.29. The van der Waals surface area contributed by atoms with Crippen LogP contribution in [0.1, 0.15) is 44.7 Å². The zero-order valence-corrected chi connectivity index (χ0v) is 22.0. The summed E-state index contributed by atoms with van der Waals surface area (Å²) in [7, 11) is 3.15. The van der Waals surface area contributed by atoms with Crippen molar-refractivity contribution in [1.29, 1.82) is 0 Å². The molecule has 2 aromatic carbocycles. The molecule has 0 saturated heterocycles. The minimum Gasteiger partial charge on any atom is -0.493 e. The van der Waals surface area contributed by atoms with Crippen molar-refractivity contribution in [2.45, 2.75) is 52.6 Å². The third-order valence-corrected chi connectivity index (χ3v) is 6.24. The number of halogens is 2. The van der Waals surface area contributed by atoms with E-state index in [1.807, 2.05) is 39.0 Å². The van der Waals surface area contributed by atoms with Gasteiger partial charge in [0.25, 0.3) is 0 Å². The number of rotatable bonds is 12. The Bertz CT molecular complexity index is 961. The zero-order valence-electron chi connectivity index (χ0n) is 20.5. The van der Waals surface area contributed by atoms with Crippen molar-refractivity contribution in [2.75, 3.05) is 20.8 Å². The maximum Gasteiger partial charge on any atom is 0.242 e. The van der Waals surface area contributed by atoms with E-state index in [2.05, 4.69) is 5.32 Å². The Balaban J connectivity index is 2.28. The van der Waals surface area contributed by atoms with E-state index in [1.165, 1.54) is 0 Å². The van der Waals surface area contributed by atoms with Gasteiger partial charge in [-0.15, -0.1) is 0 Å². The van der Waals surface area contributed by atoms with E-state index < -0.39 is 6.04 Å². The highest BCUT2D eigenvalue weighted by Crippen LogP contribution is 2.29. The SMILES string of the molecule is CCC(C(=O)NCC(C)C)N(Cc1c(Cl)cccc1Cl)C(=O)CCc1ccc(OC)c(OC)c1. The average Bonchev–Trinajstić information content (AvgIpc) is 2.82. The van der Waals surface area contributed by atoms with Crippen LogP contribution in [0, 0.1) is 5.92 Å². The standard InChI is InChI=1S/C26H34Cl2N2O4/c1-6-22(26(32)29-15-17(2)3)30(16-19-20(27)8-7-9-21(19)28)25(31)13-11-18-10-12-23(33-4)24(14-18)34-5/h7-10,12,14,17,22H,6,11,13,15-16H2,1-5H3,(H,29,32).